The summed E-state index contributed by atoms with van der Waals surface area (Å²) in [7, 11) is 1.60. The maximum Gasteiger partial charge on any atom is 0.181 e. The zero-order valence-electron chi connectivity index (χ0n) is 13.9. The number of Topliss-reactive ketones (excluding diaryl/α,β-unsaturated/α-hetero) is 1. The first kappa shape index (κ1) is 17.5. The summed E-state index contributed by atoms with van der Waals surface area (Å²) in [4.78, 5) is 12.3. The van der Waals surface area contributed by atoms with Gasteiger partial charge in [0.25, 0.3) is 0 Å². The number of methoxy groups -OCH3 is 1. The lowest BCUT2D eigenvalue weighted by Gasteiger charge is -2.13. The molecule has 0 aliphatic rings. The van der Waals surface area contributed by atoms with Gasteiger partial charge in [-0.2, -0.15) is 0 Å². The molecule has 23 heavy (non-hydrogen) atoms. The highest BCUT2D eigenvalue weighted by Crippen LogP contribution is 2.26. The Kier molecular flexibility index (Phi) is 5.83. The first-order valence-electron chi connectivity index (χ1n) is 7.63. The molecule has 0 saturated heterocycles. The minimum Gasteiger partial charge on any atom is -0.496 e. The quantitative estimate of drug-likeness (QED) is 0.706. The molecular formula is C19H22BrNO2. The Hall–Kier alpha value is -1.81. The highest BCUT2D eigenvalue weighted by Gasteiger charge is 2.10. The molecule has 0 aliphatic carbocycles. The van der Waals surface area contributed by atoms with Crippen LogP contribution in [0.2, 0.25) is 0 Å². The van der Waals surface area contributed by atoms with Crippen molar-refractivity contribution in [1.82, 2.24) is 0 Å². The van der Waals surface area contributed by atoms with E-state index < -0.39 is 0 Å². The van der Waals surface area contributed by atoms with Gasteiger partial charge in [-0.05, 0) is 70.2 Å². The van der Waals surface area contributed by atoms with E-state index in [1.54, 1.807) is 25.3 Å². The van der Waals surface area contributed by atoms with Crippen LogP contribution in [0.1, 0.15) is 41.3 Å². The zero-order valence-corrected chi connectivity index (χ0v) is 15.5. The minimum atomic E-state index is 0.0407. The fraction of sp³-hybridized carbons (Fsp3) is 0.316. The number of anilines is 1. The van der Waals surface area contributed by atoms with Gasteiger partial charge in [-0.3, -0.25) is 4.79 Å². The van der Waals surface area contributed by atoms with Gasteiger partial charge in [0.05, 0.1) is 18.1 Å². The number of nitrogens with one attached hydrogen (secondary N) is 1. The molecule has 2 aromatic rings. The zero-order chi connectivity index (χ0) is 17.0. The summed E-state index contributed by atoms with van der Waals surface area (Å²) in [6.07, 6.45) is 0. The van der Waals surface area contributed by atoms with Crippen LogP contribution in [-0.4, -0.2) is 19.4 Å². The summed E-state index contributed by atoms with van der Waals surface area (Å²) in [6.45, 7) is 6.73. The maximum atomic E-state index is 12.3. The van der Waals surface area contributed by atoms with Crippen molar-refractivity contribution >= 4 is 27.4 Å². The van der Waals surface area contributed by atoms with Gasteiger partial charge in [0.2, 0.25) is 0 Å². The second kappa shape index (κ2) is 7.64. The molecule has 0 aromatic heterocycles. The van der Waals surface area contributed by atoms with Crippen molar-refractivity contribution in [1.29, 1.82) is 0 Å². The molecule has 0 fully saturated rings. The number of benzene rings is 2. The molecule has 122 valence electrons. The SMILES string of the molecule is COc1ccc(C(=O)CNc2ccc(C(C)C)c(C)c2)cc1Br. The van der Waals surface area contributed by atoms with Gasteiger partial charge in [0.15, 0.2) is 5.78 Å². The van der Waals surface area contributed by atoms with Gasteiger partial charge in [-0.15, -0.1) is 0 Å². The Morgan fingerprint density at radius 1 is 1.22 bits per heavy atom. The topological polar surface area (TPSA) is 38.3 Å². The number of ketones is 1. The van der Waals surface area contributed by atoms with E-state index in [2.05, 4.69) is 54.2 Å². The lowest BCUT2D eigenvalue weighted by atomic mass is 9.97. The number of halogens is 1. The van der Waals surface area contributed by atoms with E-state index in [4.69, 9.17) is 4.74 Å². The summed E-state index contributed by atoms with van der Waals surface area (Å²) in [5, 5.41) is 3.20. The molecule has 0 aliphatic heterocycles. The lowest BCUT2D eigenvalue weighted by molar-refractivity contribution is 0.101. The number of aryl methyl sites for hydroxylation is 1. The largest absolute Gasteiger partial charge is 0.496 e. The monoisotopic (exact) mass is 375 g/mol. The van der Waals surface area contributed by atoms with Crippen LogP contribution in [0.15, 0.2) is 40.9 Å². The normalized spacial score (nSPS) is 10.7. The average molecular weight is 376 g/mol. The van der Waals surface area contributed by atoms with Crippen molar-refractivity contribution < 1.29 is 9.53 Å². The molecule has 0 amide bonds. The smallest absolute Gasteiger partial charge is 0.181 e. The van der Waals surface area contributed by atoms with Crippen LogP contribution >= 0.6 is 15.9 Å². The van der Waals surface area contributed by atoms with E-state index >= 15 is 0 Å². The number of hydrogen-bond acceptors (Lipinski definition) is 3. The summed E-state index contributed by atoms with van der Waals surface area (Å²) >= 11 is 3.40. The Morgan fingerprint density at radius 3 is 2.52 bits per heavy atom. The van der Waals surface area contributed by atoms with Gasteiger partial charge >= 0.3 is 0 Å². The van der Waals surface area contributed by atoms with Crippen LogP contribution < -0.4 is 10.1 Å². The van der Waals surface area contributed by atoms with E-state index in [-0.39, 0.29) is 12.3 Å². The highest BCUT2D eigenvalue weighted by molar-refractivity contribution is 9.10. The molecule has 0 bridgehead atoms. The summed E-state index contributed by atoms with van der Waals surface area (Å²) in [6, 6.07) is 11.6. The van der Waals surface area contributed by atoms with Gasteiger partial charge in [0, 0.05) is 11.3 Å². The molecule has 3 nitrogen and oxygen atoms in total. The lowest BCUT2D eigenvalue weighted by Crippen LogP contribution is -2.14. The predicted molar refractivity (Wildman–Crippen MR) is 98.8 cm³/mol. The third-order valence-corrected chi connectivity index (χ3v) is 4.44. The number of hydrogen-bond donors (Lipinski definition) is 1. The minimum absolute atomic E-state index is 0.0407. The molecule has 4 heteroatoms. The van der Waals surface area contributed by atoms with Crippen molar-refractivity contribution in [3.05, 3.63) is 57.6 Å². The van der Waals surface area contributed by atoms with E-state index in [9.17, 15) is 4.79 Å². The van der Waals surface area contributed by atoms with Crippen LogP contribution in [0.25, 0.3) is 0 Å². The fourth-order valence-corrected chi connectivity index (χ4v) is 3.10. The molecule has 0 spiro atoms. The van der Waals surface area contributed by atoms with Crippen LogP contribution in [0.5, 0.6) is 5.75 Å². The Bertz CT molecular complexity index is 711. The Balaban J connectivity index is 2.04. The van der Waals surface area contributed by atoms with Crippen molar-refractivity contribution in [3.8, 4) is 5.75 Å². The average Bonchev–Trinajstić information content (AvgIpc) is 2.52. The standard InChI is InChI=1S/C19H22BrNO2/c1-12(2)16-7-6-15(9-13(16)3)21-11-18(22)14-5-8-19(23-4)17(20)10-14/h5-10,12,21H,11H2,1-4H3. The molecule has 0 atom stereocenters. The first-order valence-corrected chi connectivity index (χ1v) is 8.43. The number of carbonyl (C=O) groups excluding carboxylic acids is 1. The summed E-state index contributed by atoms with van der Waals surface area (Å²) in [5.41, 5.74) is 4.19. The molecule has 2 rings (SSSR count). The van der Waals surface area contributed by atoms with Crippen molar-refractivity contribution in [2.75, 3.05) is 19.0 Å². The summed E-state index contributed by atoms with van der Waals surface area (Å²) < 4.78 is 5.96. The number of ether oxygens (including phenoxy) is 1. The molecule has 1 N–H and O–H groups in total. The molecule has 2 aromatic carbocycles. The Labute approximate surface area is 146 Å². The van der Waals surface area contributed by atoms with Crippen LogP contribution in [0, 0.1) is 6.92 Å². The van der Waals surface area contributed by atoms with Crippen molar-refractivity contribution in [2.24, 2.45) is 0 Å². The van der Waals surface area contributed by atoms with Crippen molar-refractivity contribution in [2.45, 2.75) is 26.7 Å². The fourth-order valence-electron chi connectivity index (χ4n) is 2.56. The van der Waals surface area contributed by atoms with E-state index in [1.165, 1.54) is 11.1 Å². The van der Waals surface area contributed by atoms with E-state index in [0.717, 1.165) is 15.9 Å². The second-order valence-corrected chi connectivity index (χ2v) is 6.71. The van der Waals surface area contributed by atoms with Crippen molar-refractivity contribution in [3.63, 3.8) is 0 Å². The molecule has 0 radical (unpaired) electrons. The van der Waals surface area contributed by atoms with Gasteiger partial charge < -0.3 is 10.1 Å². The van der Waals surface area contributed by atoms with Crippen LogP contribution in [0.3, 0.4) is 0 Å². The first-order chi connectivity index (χ1) is 10.9. The number of carbonyl (C=O) groups is 1. The molecular weight excluding hydrogens is 354 g/mol. The van der Waals surface area contributed by atoms with E-state index in [1.807, 2.05) is 6.07 Å². The Morgan fingerprint density at radius 2 is 1.96 bits per heavy atom. The van der Waals surface area contributed by atoms with Gasteiger partial charge in [0.1, 0.15) is 5.75 Å². The molecule has 0 heterocycles. The third kappa shape index (κ3) is 4.35. The number of rotatable bonds is 6. The van der Waals surface area contributed by atoms with Crippen LogP contribution in [0.4, 0.5) is 5.69 Å². The summed E-state index contributed by atoms with van der Waals surface area (Å²) in [5.74, 6) is 1.26. The van der Waals surface area contributed by atoms with E-state index in [0.29, 0.717) is 11.5 Å². The second-order valence-electron chi connectivity index (χ2n) is 5.85. The third-order valence-electron chi connectivity index (χ3n) is 3.82. The van der Waals surface area contributed by atoms with Gasteiger partial charge in [-0.1, -0.05) is 19.9 Å². The van der Waals surface area contributed by atoms with Gasteiger partial charge in [-0.25, -0.2) is 0 Å². The highest BCUT2D eigenvalue weighted by atomic mass is 79.9. The molecule has 0 saturated carbocycles. The maximum absolute atomic E-state index is 12.3. The predicted octanol–water partition coefficient (Wildman–Crippen LogP) is 5.18. The molecule has 0 unspecified atom stereocenters. The van der Waals surface area contributed by atoms with Crippen LogP contribution in [-0.2, 0) is 0 Å².